The molecule has 2 aliphatic rings. The first kappa shape index (κ1) is 22.2. The van der Waals surface area contributed by atoms with E-state index in [0.29, 0.717) is 6.04 Å². The fraction of sp³-hybridized carbons (Fsp3) is 0.682. The molecule has 2 saturated heterocycles. The highest BCUT2D eigenvalue weighted by Gasteiger charge is 2.34. The van der Waals surface area contributed by atoms with Crippen LogP contribution in [0.15, 0.2) is 29.3 Å². The first-order valence-corrected chi connectivity index (χ1v) is 11.2. The Morgan fingerprint density at radius 3 is 2.76 bits per heavy atom. The first-order chi connectivity index (χ1) is 14.0. The molecule has 3 rings (SSSR count). The molecular weight excluding hydrogens is 386 g/mol. The van der Waals surface area contributed by atoms with Crippen molar-refractivity contribution in [1.82, 2.24) is 15.5 Å². The monoisotopic (exact) mass is 421 g/mol. The van der Waals surface area contributed by atoms with Crippen molar-refractivity contribution in [3.63, 3.8) is 0 Å². The molecule has 2 heterocycles. The van der Waals surface area contributed by atoms with Crippen molar-refractivity contribution in [2.75, 3.05) is 58.4 Å². The van der Waals surface area contributed by atoms with E-state index in [1.54, 1.807) is 0 Å². The summed E-state index contributed by atoms with van der Waals surface area (Å²) in [4.78, 5) is 9.70. The molecule has 2 fully saturated rings. The van der Waals surface area contributed by atoms with Gasteiger partial charge < -0.3 is 25.2 Å². The Bertz CT molecular complexity index is 675. The second-order valence-corrected chi connectivity index (χ2v) is 8.71. The van der Waals surface area contributed by atoms with E-state index in [9.17, 15) is 0 Å². The first-order valence-electron chi connectivity index (χ1n) is 10.8. The molecule has 1 unspecified atom stereocenters. The van der Waals surface area contributed by atoms with Crippen LogP contribution in [0.3, 0.4) is 0 Å². The third kappa shape index (κ3) is 5.77. The number of halogens is 1. The van der Waals surface area contributed by atoms with Gasteiger partial charge in [-0.1, -0.05) is 23.7 Å². The third-order valence-electron chi connectivity index (χ3n) is 6.20. The van der Waals surface area contributed by atoms with Gasteiger partial charge in [-0.05, 0) is 58.8 Å². The summed E-state index contributed by atoms with van der Waals surface area (Å²) in [7, 11) is 4.31. The van der Waals surface area contributed by atoms with Crippen LogP contribution < -0.4 is 15.5 Å². The molecule has 1 aromatic carbocycles. The lowest BCUT2D eigenvalue weighted by molar-refractivity contribution is -0.00255. The Morgan fingerprint density at radius 2 is 2.07 bits per heavy atom. The van der Waals surface area contributed by atoms with Crippen LogP contribution >= 0.6 is 11.6 Å². The van der Waals surface area contributed by atoms with Crippen molar-refractivity contribution in [3.05, 3.63) is 29.3 Å². The Kier molecular flexibility index (Phi) is 8.04. The quantitative estimate of drug-likeness (QED) is 0.546. The lowest BCUT2D eigenvalue weighted by Crippen LogP contribution is -2.53. The predicted octanol–water partition coefficient (Wildman–Crippen LogP) is 2.97. The normalized spacial score (nSPS) is 22.6. The van der Waals surface area contributed by atoms with Gasteiger partial charge in [-0.3, -0.25) is 4.99 Å². The highest BCUT2D eigenvalue weighted by Crippen LogP contribution is 2.28. The second-order valence-electron chi connectivity index (χ2n) is 8.31. The van der Waals surface area contributed by atoms with E-state index in [2.05, 4.69) is 53.6 Å². The number of hydrogen-bond donors (Lipinski definition) is 2. The summed E-state index contributed by atoms with van der Waals surface area (Å²) < 4.78 is 5.59. The summed E-state index contributed by atoms with van der Waals surface area (Å²) in [5, 5.41) is 7.93. The molecule has 0 aromatic heterocycles. The van der Waals surface area contributed by atoms with Crippen LogP contribution in [0.2, 0.25) is 5.02 Å². The van der Waals surface area contributed by atoms with E-state index in [1.165, 1.54) is 0 Å². The Labute approximate surface area is 180 Å². The van der Waals surface area contributed by atoms with E-state index in [1.807, 2.05) is 12.1 Å². The number of nitrogens with one attached hydrogen (secondary N) is 2. The zero-order valence-electron chi connectivity index (χ0n) is 18.1. The van der Waals surface area contributed by atoms with Crippen LogP contribution in [0.1, 0.15) is 32.6 Å². The maximum atomic E-state index is 6.43. The fourth-order valence-electron chi connectivity index (χ4n) is 4.26. The number of guanidine groups is 1. The molecule has 0 amide bonds. The molecular formula is C22H36ClN5O. The molecule has 0 aliphatic carbocycles. The molecule has 162 valence electrons. The van der Waals surface area contributed by atoms with Crippen LogP contribution in [0.4, 0.5) is 5.69 Å². The minimum Gasteiger partial charge on any atom is -0.381 e. The molecule has 0 spiro atoms. The van der Waals surface area contributed by atoms with Crippen molar-refractivity contribution in [2.24, 2.45) is 4.99 Å². The van der Waals surface area contributed by atoms with Gasteiger partial charge in [-0.15, -0.1) is 0 Å². The summed E-state index contributed by atoms with van der Waals surface area (Å²) in [6.07, 6.45) is 4.32. The number of likely N-dealkylation sites (N-methyl/N-ethyl adjacent to an activating group) is 1. The average Bonchev–Trinajstić information content (AvgIpc) is 2.73. The van der Waals surface area contributed by atoms with Gasteiger partial charge in [-0.2, -0.15) is 0 Å². The molecule has 1 aromatic rings. The maximum absolute atomic E-state index is 6.43. The molecule has 7 heteroatoms. The van der Waals surface area contributed by atoms with E-state index in [-0.39, 0.29) is 5.54 Å². The highest BCUT2D eigenvalue weighted by atomic mass is 35.5. The van der Waals surface area contributed by atoms with E-state index >= 15 is 0 Å². The SMILES string of the molecule is CCNC(=NCC1(N(C)C)CCOCC1)NC1CCCN(c2ccccc2Cl)C1. The summed E-state index contributed by atoms with van der Waals surface area (Å²) in [5.74, 6) is 0.909. The summed E-state index contributed by atoms with van der Waals surface area (Å²) in [6, 6.07) is 8.46. The van der Waals surface area contributed by atoms with Crippen molar-refractivity contribution < 1.29 is 4.74 Å². The van der Waals surface area contributed by atoms with E-state index in [4.69, 9.17) is 21.3 Å². The number of nitrogens with zero attached hydrogens (tertiary/aromatic N) is 3. The number of hydrogen-bond acceptors (Lipinski definition) is 4. The van der Waals surface area contributed by atoms with E-state index < -0.39 is 0 Å². The molecule has 0 bridgehead atoms. The fourth-order valence-corrected chi connectivity index (χ4v) is 4.51. The van der Waals surface area contributed by atoms with Gasteiger partial charge in [-0.25, -0.2) is 0 Å². The van der Waals surface area contributed by atoms with Gasteiger partial charge in [0.2, 0.25) is 0 Å². The number of piperidine rings is 1. The number of aliphatic imine (C=N–C) groups is 1. The Hall–Kier alpha value is -1.50. The highest BCUT2D eigenvalue weighted by molar-refractivity contribution is 6.33. The molecule has 6 nitrogen and oxygen atoms in total. The smallest absolute Gasteiger partial charge is 0.191 e. The largest absolute Gasteiger partial charge is 0.381 e. The molecule has 29 heavy (non-hydrogen) atoms. The van der Waals surface area contributed by atoms with Crippen molar-refractivity contribution in [2.45, 2.75) is 44.2 Å². The van der Waals surface area contributed by atoms with Gasteiger partial charge in [0.05, 0.1) is 17.3 Å². The predicted molar refractivity (Wildman–Crippen MR) is 122 cm³/mol. The van der Waals surface area contributed by atoms with E-state index in [0.717, 1.165) is 81.7 Å². The topological polar surface area (TPSA) is 52.1 Å². The van der Waals surface area contributed by atoms with Crippen molar-refractivity contribution >= 4 is 23.2 Å². The molecule has 0 saturated carbocycles. The van der Waals surface area contributed by atoms with Crippen LogP contribution in [0, 0.1) is 0 Å². The molecule has 2 N–H and O–H groups in total. The van der Waals surface area contributed by atoms with Gasteiger partial charge in [0.25, 0.3) is 0 Å². The van der Waals surface area contributed by atoms with Gasteiger partial charge in [0, 0.05) is 44.4 Å². The number of rotatable bonds is 6. The zero-order chi connectivity index (χ0) is 20.7. The minimum absolute atomic E-state index is 0.0801. The van der Waals surface area contributed by atoms with Gasteiger partial charge in [0.1, 0.15) is 0 Å². The number of anilines is 1. The summed E-state index contributed by atoms with van der Waals surface area (Å²) in [6.45, 7) is 7.34. The lowest BCUT2D eigenvalue weighted by atomic mass is 9.89. The van der Waals surface area contributed by atoms with Crippen molar-refractivity contribution in [3.8, 4) is 0 Å². The second kappa shape index (κ2) is 10.5. The van der Waals surface area contributed by atoms with Gasteiger partial charge >= 0.3 is 0 Å². The maximum Gasteiger partial charge on any atom is 0.191 e. The van der Waals surface area contributed by atoms with Crippen molar-refractivity contribution in [1.29, 1.82) is 0 Å². The Balaban J connectivity index is 1.66. The molecule has 1 atom stereocenters. The number of para-hydroxylation sites is 1. The zero-order valence-corrected chi connectivity index (χ0v) is 18.8. The molecule has 0 radical (unpaired) electrons. The average molecular weight is 422 g/mol. The molecule has 2 aliphatic heterocycles. The summed E-state index contributed by atoms with van der Waals surface area (Å²) >= 11 is 6.43. The van der Waals surface area contributed by atoms with Crippen LogP contribution in [0.25, 0.3) is 0 Å². The van der Waals surface area contributed by atoms with Crippen LogP contribution in [0.5, 0.6) is 0 Å². The third-order valence-corrected chi connectivity index (χ3v) is 6.52. The van der Waals surface area contributed by atoms with Crippen LogP contribution in [-0.2, 0) is 4.74 Å². The number of benzene rings is 1. The van der Waals surface area contributed by atoms with Gasteiger partial charge in [0.15, 0.2) is 5.96 Å². The lowest BCUT2D eigenvalue weighted by Gasteiger charge is -2.42. The number of ether oxygens (including phenoxy) is 1. The summed E-state index contributed by atoms with van der Waals surface area (Å²) in [5.41, 5.74) is 1.20. The Morgan fingerprint density at radius 1 is 1.31 bits per heavy atom. The standard InChI is InChI=1S/C22H36ClN5O/c1-4-24-21(25-17-22(27(2)3)11-14-29-15-12-22)26-18-8-7-13-28(16-18)20-10-6-5-9-19(20)23/h5-6,9-10,18H,4,7-8,11-17H2,1-3H3,(H2,24,25,26). The van der Waals surface area contributed by atoms with Crippen LogP contribution in [-0.4, -0.2) is 75.9 Å². The minimum atomic E-state index is 0.0801.